The molecule has 0 fully saturated rings. The fourth-order valence-electron chi connectivity index (χ4n) is 3.59. The molecule has 2 atom stereocenters. The predicted molar refractivity (Wildman–Crippen MR) is 115 cm³/mol. The summed E-state index contributed by atoms with van der Waals surface area (Å²) in [5.41, 5.74) is 1.13. The van der Waals surface area contributed by atoms with Crippen molar-refractivity contribution in [3.63, 3.8) is 0 Å². The SMILES string of the molecule is COc1cccc(C2OC(CC(=O)O)c3nnc(C(F)(F)Cl)n3-c3ccc(Br)cc32)c1Cl. The highest BCUT2D eigenvalue weighted by molar-refractivity contribution is 9.10. The second-order valence-corrected chi connectivity index (χ2v) is 8.65. The highest BCUT2D eigenvalue weighted by atomic mass is 79.9. The first-order valence-electron chi connectivity index (χ1n) is 9.13. The topological polar surface area (TPSA) is 86.5 Å². The van der Waals surface area contributed by atoms with Gasteiger partial charge in [-0.25, -0.2) is 0 Å². The number of rotatable bonds is 5. The van der Waals surface area contributed by atoms with Crippen LogP contribution in [0.5, 0.6) is 5.75 Å². The number of carboxylic acid groups (broad SMARTS) is 1. The molecule has 0 aliphatic carbocycles. The standard InChI is InChI=1S/C20H14BrCl2F2N3O4/c1-31-13-4-2-3-10(16(13)22)17-11-7-9(21)5-6-12(11)28-18(14(32-17)8-15(29)30)26-27-19(28)20(23,24)25/h2-7,14,17H,8H2,1H3,(H,29,30). The van der Waals surface area contributed by atoms with E-state index in [-0.39, 0.29) is 16.5 Å². The number of ether oxygens (including phenoxy) is 2. The molecule has 0 radical (unpaired) electrons. The van der Waals surface area contributed by atoms with E-state index in [2.05, 4.69) is 26.1 Å². The molecule has 1 N–H and O–H groups in total. The second kappa shape index (κ2) is 8.58. The molecular weight excluding hydrogens is 535 g/mol. The molecule has 0 amide bonds. The zero-order chi connectivity index (χ0) is 23.2. The fourth-order valence-corrected chi connectivity index (χ4v) is 4.39. The lowest BCUT2D eigenvalue weighted by Crippen LogP contribution is -2.17. The van der Waals surface area contributed by atoms with Gasteiger partial charge in [-0.1, -0.05) is 39.7 Å². The molecule has 2 unspecified atom stereocenters. The number of alkyl halides is 3. The molecule has 0 saturated heterocycles. The summed E-state index contributed by atoms with van der Waals surface area (Å²) in [7, 11) is 1.45. The molecule has 4 rings (SSSR count). The Morgan fingerprint density at radius 2 is 2.06 bits per heavy atom. The quantitative estimate of drug-likeness (QED) is 0.417. The Kier molecular flexibility index (Phi) is 6.15. The van der Waals surface area contributed by atoms with Crippen LogP contribution < -0.4 is 4.74 Å². The van der Waals surface area contributed by atoms with E-state index in [1.807, 2.05) is 0 Å². The van der Waals surface area contributed by atoms with Crippen molar-refractivity contribution in [2.45, 2.75) is 24.0 Å². The highest BCUT2D eigenvalue weighted by Crippen LogP contribution is 2.46. The summed E-state index contributed by atoms with van der Waals surface area (Å²) in [5, 5.41) is 13.2. The molecule has 1 aliphatic rings. The maximum atomic E-state index is 14.2. The van der Waals surface area contributed by atoms with E-state index in [0.717, 1.165) is 4.57 Å². The minimum absolute atomic E-state index is 0.118. The number of carboxylic acids is 1. The van der Waals surface area contributed by atoms with Crippen molar-refractivity contribution < 1.29 is 28.2 Å². The maximum absolute atomic E-state index is 14.2. The molecule has 32 heavy (non-hydrogen) atoms. The molecule has 12 heteroatoms. The number of aliphatic carboxylic acids is 1. The normalized spacial score (nSPS) is 17.9. The Labute approximate surface area is 199 Å². The van der Waals surface area contributed by atoms with Crippen molar-refractivity contribution in [1.82, 2.24) is 14.8 Å². The number of fused-ring (bicyclic) bond motifs is 3. The Morgan fingerprint density at radius 3 is 2.72 bits per heavy atom. The number of methoxy groups -OCH3 is 1. The Bertz CT molecular complexity index is 1200. The summed E-state index contributed by atoms with van der Waals surface area (Å²) < 4.78 is 41.5. The summed E-state index contributed by atoms with van der Waals surface area (Å²) >= 11 is 15.2. The lowest BCUT2D eigenvalue weighted by atomic mass is 9.99. The van der Waals surface area contributed by atoms with Crippen LogP contribution in [0.4, 0.5) is 8.78 Å². The van der Waals surface area contributed by atoms with Crippen molar-refractivity contribution in [2.24, 2.45) is 0 Å². The summed E-state index contributed by atoms with van der Waals surface area (Å²) in [6.07, 6.45) is -2.72. The molecule has 3 aromatic rings. The predicted octanol–water partition coefficient (Wildman–Crippen LogP) is 5.62. The van der Waals surface area contributed by atoms with Crippen molar-refractivity contribution in [2.75, 3.05) is 7.11 Å². The average molecular weight is 549 g/mol. The molecule has 7 nitrogen and oxygen atoms in total. The van der Waals surface area contributed by atoms with Gasteiger partial charge in [0.2, 0.25) is 5.82 Å². The highest BCUT2D eigenvalue weighted by Gasteiger charge is 2.42. The van der Waals surface area contributed by atoms with Crippen molar-refractivity contribution in [3.05, 3.63) is 68.7 Å². The minimum Gasteiger partial charge on any atom is -0.495 e. The van der Waals surface area contributed by atoms with E-state index in [9.17, 15) is 18.7 Å². The van der Waals surface area contributed by atoms with Gasteiger partial charge in [-0.2, -0.15) is 8.78 Å². The van der Waals surface area contributed by atoms with E-state index in [0.29, 0.717) is 21.3 Å². The van der Waals surface area contributed by atoms with E-state index in [1.54, 1.807) is 36.4 Å². The first-order valence-corrected chi connectivity index (χ1v) is 10.7. The summed E-state index contributed by atoms with van der Waals surface area (Å²) in [6, 6.07) is 9.89. The first kappa shape index (κ1) is 22.9. The molecule has 0 saturated carbocycles. The van der Waals surface area contributed by atoms with Crippen LogP contribution in [-0.2, 0) is 14.9 Å². The summed E-state index contributed by atoms with van der Waals surface area (Å²) in [4.78, 5) is 11.6. The van der Waals surface area contributed by atoms with Gasteiger partial charge < -0.3 is 14.6 Å². The van der Waals surface area contributed by atoms with Crippen LogP contribution in [-0.4, -0.2) is 33.0 Å². The van der Waals surface area contributed by atoms with Crippen molar-refractivity contribution >= 4 is 45.1 Å². The Hall–Kier alpha value is -2.27. The number of benzene rings is 2. The molecule has 2 aromatic carbocycles. The van der Waals surface area contributed by atoms with Crippen LogP contribution in [0.25, 0.3) is 5.69 Å². The van der Waals surface area contributed by atoms with Crippen LogP contribution in [0.3, 0.4) is 0 Å². The van der Waals surface area contributed by atoms with Gasteiger partial charge in [-0.05, 0) is 35.9 Å². The number of halogens is 5. The van der Waals surface area contributed by atoms with Gasteiger partial charge in [0.1, 0.15) is 18.0 Å². The van der Waals surface area contributed by atoms with Crippen LogP contribution in [0.2, 0.25) is 5.02 Å². The Morgan fingerprint density at radius 1 is 1.31 bits per heavy atom. The number of aromatic nitrogens is 3. The van der Waals surface area contributed by atoms with Crippen LogP contribution in [0, 0.1) is 0 Å². The lowest BCUT2D eigenvalue weighted by Gasteiger charge is -2.23. The first-order chi connectivity index (χ1) is 15.1. The van der Waals surface area contributed by atoms with E-state index in [4.69, 9.17) is 32.7 Å². The summed E-state index contributed by atoms with van der Waals surface area (Å²) in [6.45, 7) is 0. The van der Waals surface area contributed by atoms with E-state index in [1.165, 1.54) is 7.11 Å². The molecular formula is C20H14BrCl2F2N3O4. The molecule has 0 bridgehead atoms. The minimum atomic E-state index is -3.86. The van der Waals surface area contributed by atoms with Crippen LogP contribution in [0.1, 0.15) is 41.4 Å². The lowest BCUT2D eigenvalue weighted by molar-refractivity contribution is -0.141. The molecule has 1 aromatic heterocycles. The van der Waals surface area contributed by atoms with Gasteiger partial charge in [0.25, 0.3) is 0 Å². The third-order valence-electron chi connectivity index (χ3n) is 4.90. The Balaban J connectivity index is 2.03. The van der Waals surface area contributed by atoms with Crippen molar-refractivity contribution in [1.29, 1.82) is 0 Å². The van der Waals surface area contributed by atoms with Crippen LogP contribution >= 0.6 is 39.1 Å². The largest absolute Gasteiger partial charge is 0.495 e. The van der Waals surface area contributed by atoms with Gasteiger partial charge in [0.05, 0.1) is 24.2 Å². The number of hydrogen-bond donors (Lipinski definition) is 1. The van der Waals surface area contributed by atoms with Gasteiger partial charge in [0, 0.05) is 15.6 Å². The maximum Gasteiger partial charge on any atom is 0.382 e. The van der Waals surface area contributed by atoms with E-state index < -0.39 is 35.8 Å². The molecule has 1 aliphatic heterocycles. The third-order valence-corrected chi connectivity index (χ3v) is 5.97. The second-order valence-electron chi connectivity index (χ2n) is 6.88. The third kappa shape index (κ3) is 4.07. The van der Waals surface area contributed by atoms with Gasteiger partial charge in [-0.3, -0.25) is 9.36 Å². The number of hydrogen-bond acceptors (Lipinski definition) is 5. The number of nitrogens with zero attached hydrogens (tertiary/aromatic N) is 3. The van der Waals surface area contributed by atoms with Crippen LogP contribution in [0.15, 0.2) is 40.9 Å². The molecule has 2 heterocycles. The zero-order valence-corrected chi connectivity index (χ0v) is 19.3. The van der Waals surface area contributed by atoms with E-state index >= 15 is 0 Å². The van der Waals surface area contributed by atoms with Gasteiger partial charge >= 0.3 is 11.4 Å². The van der Waals surface area contributed by atoms with Gasteiger partial charge in [-0.15, -0.1) is 10.2 Å². The number of carbonyl (C=O) groups is 1. The van der Waals surface area contributed by atoms with Crippen molar-refractivity contribution in [3.8, 4) is 11.4 Å². The smallest absolute Gasteiger partial charge is 0.382 e. The average Bonchev–Trinajstić information content (AvgIpc) is 3.12. The zero-order valence-electron chi connectivity index (χ0n) is 16.2. The monoisotopic (exact) mass is 547 g/mol. The molecule has 168 valence electrons. The summed E-state index contributed by atoms with van der Waals surface area (Å²) in [5.74, 6) is -1.82. The fraction of sp³-hybridized carbons (Fsp3) is 0.250. The molecule has 0 spiro atoms. The van der Waals surface area contributed by atoms with Gasteiger partial charge in [0.15, 0.2) is 5.82 Å².